The Morgan fingerprint density at radius 1 is 1.23 bits per heavy atom. The number of benzene rings is 1. The predicted molar refractivity (Wildman–Crippen MR) is 81.0 cm³/mol. The van der Waals surface area contributed by atoms with Crippen molar-refractivity contribution in [2.24, 2.45) is 11.8 Å². The first-order chi connectivity index (χ1) is 10.4. The normalized spacial score (nSPS) is 27.5. The van der Waals surface area contributed by atoms with E-state index in [1.807, 2.05) is 0 Å². The first kappa shape index (κ1) is 15.7. The summed E-state index contributed by atoms with van der Waals surface area (Å²) in [6.45, 7) is 8.57. The molecule has 1 aromatic carbocycles. The maximum absolute atomic E-state index is 12.7. The van der Waals surface area contributed by atoms with Gasteiger partial charge in [0.25, 0.3) is 5.91 Å². The molecule has 0 unspecified atom stereocenters. The van der Waals surface area contributed by atoms with Crippen molar-refractivity contribution >= 4 is 17.8 Å². The molecule has 0 spiro atoms. The Bertz CT molecular complexity index is 652. The summed E-state index contributed by atoms with van der Waals surface area (Å²) in [6.07, 6.45) is 2.77. The van der Waals surface area contributed by atoms with Gasteiger partial charge in [-0.1, -0.05) is 30.4 Å². The van der Waals surface area contributed by atoms with Crippen molar-refractivity contribution in [3.8, 4) is 0 Å². The van der Waals surface area contributed by atoms with Gasteiger partial charge in [0.05, 0.1) is 5.92 Å². The second-order valence-corrected chi connectivity index (χ2v) is 5.32. The lowest BCUT2D eigenvalue weighted by molar-refractivity contribution is -0.151. The van der Waals surface area contributed by atoms with Gasteiger partial charge in [-0.05, 0) is 19.1 Å². The molecule has 1 heterocycles. The molecule has 0 bridgehead atoms. The first-order valence-electron chi connectivity index (χ1n) is 6.81. The lowest BCUT2D eigenvalue weighted by Crippen LogP contribution is -2.55. The van der Waals surface area contributed by atoms with E-state index < -0.39 is 35.2 Å². The number of carbonyl (C=O) groups is 3. The van der Waals surface area contributed by atoms with E-state index in [0.29, 0.717) is 0 Å². The third kappa shape index (κ3) is 2.06. The van der Waals surface area contributed by atoms with E-state index >= 15 is 0 Å². The van der Waals surface area contributed by atoms with Gasteiger partial charge in [0, 0.05) is 11.5 Å². The molecule has 5 heteroatoms. The molecular formula is C17H17NO4. The monoisotopic (exact) mass is 299 g/mol. The van der Waals surface area contributed by atoms with Crippen molar-refractivity contribution in [2.45, 2.75) is 12.5 Å². The number of hydrogen-bond acceptors (Lipinski definition) is 3. The van der Waals surface area contributed by atoms with Crippen LogP contribution in [0.5, 0.6) is 0 Å². The fourth-order valence-electron chi connectivity index (χ4n) is 2.91. The number of carboxylic acids is 1. The van der Waals surface area contributed by atoms with Crippen LogP contribution in [0.3, 0.4) is 0 Å². The topological polar surface area (TPSA) is 74.7 Å². The number of rotatable bonds is 4. The van der Waals surface area contributed by atoms with E-state index in [4.69, 9.17) is 0 Å². The van der Waals surface area contributed by atoms with Crippen molar-refractivity contribution in [3.05, 3.63) is 61.2 Å². The van der Waals surface area contributed by atoms with Crippen LogP contribution >= 0.6 is 0 Å². The summed E-state index contributed by atoms with van der Waals surface area (Å²) in [5.74, 6) is -3.97. The van der Waals surface area contributed by atoms with Gasteiger partial charge in [0.1, 0.15) is 0 Å². The van der Waals surface area contributed by atoms with Gasteiger partial charge >= 0.3 is 5.97 Å². The van der Waals surface area contributed by atoms with Gasteiger partial charge in [0.2, 0.25) is 5.91 Å². The van der Waals surface area contributed by atoms with E-state index in [2.05, 4.69) is 13.2 Å². The minimum absolute atomic E-state index is 0.260. The van der Waals surface area contributed by atoms with E-state index in [1.54, 1.807) is 30.3 Å². The summed E-state index contributed by atoms with van der Waals surface area (Å²) in [7, 11) is 0. The molecule has 0 saturated carbocycles. The minimum atomic E-state index is -1.69. The molecule has 2 rings (SSSR count). The van der Waals surface area contributed by atoms with E-state index in [1.165, 1.54) is 19.1 Å². The Morgan fingerprint density at radius 2 is 1.82 bits per heavy atom. The van der Waals surface area contributed by atoms with Crippen molar-refractivity contribution in [2.75, 3.05) is 0 Å². The SMILES string of the molecule is C=C[C@@H]1C(=O)N(C(=O)c2ccccc2)[C@](C)(C(=O)O)[C@@H]1C=C. The third-order valence-corrected chi connectivity index (χ3v) is 4.17. The van der Waals surface area contributed by atoms with Gasteiger partial charge in [0.15, 0.2) is 5.54 Å². The Labute approximate surface area is 128 Å². The summed E-state index contributed by atoms with van der Waals surface area (Å²) in [5.41, 5.74) is -1.43. The molecule has 2 amide bonds. The molecular weight excluding hydrogens is 282 g/mol. The predicted octanol–water partition coefficient (Wildman–Crippen LogP) is 2.12. The molecule has 5 nitrogen and oxygen atoms in total. The number of amides is 2. The van der Waals surface area contributed by atoms with Crippen LogP contribution in [0.15, 0.2) is 55.6 Å². The van der Waals surface area contributed by atoms with Crippen LogP contribution in [0, 0.1) is 11.8 Å². The molecule has 0 radical (unpaired) electrons. The molecule has 0 aromatic heterocycles. The summed E-state index contributed by atoms with van der Waals surface area (Å²) < 4.78 is 0. The third-order valence-electron chi connectivity index (χ3n) is 4.17. The van der Waals surface area contributed by atoms with Crippen molar-refractivity contribution in [1.29, 1.82) is 0 Å². The molecule has 114 valence electrons. The molecule has 0 aliphatic carbocycles. The molecule has 1 saturated heterocycles. The number of imide groups is 1. The van der Waals surface area contributed by atoms with Gasteiger partial charge in [-0.3, -0.25) is 14.5 Å². The zero-order valence-electron chi connectivity index (χ0n) is 12.2. The largest absolute Gasteiger partial charge is 0.479 e. The number of aliphatic carboxylic acids is 1. The Balaban J connectivity index is 2.59. The Kier molecular flexibility index (Phi) is 3.99. The molecule has 1 N–H and O–H groups in total. The van der Waals surface area contributed by atoms with Gasteiger partial charge in [-0.2, -0.15) is 0 Å². The summed E-state index contributed by atoms with van der Waals surface area (Å²) in [4.78, 5) is 37.9. The number of hydrogen-bond donors (Lipinski definition) is 1. The van der Waals surface area contributed by atoms with Crippen LogP contribution < -0.4 is 0 Å². The molecule has 22 heavy (non-hydrogen) atoms. The molecule has 1 aromatic rings. The minimum Gasteiger partial charge on any atom is -0.479 e. The van der Waals surface area contributed by atoms with Gasteiger partial charge in [-0.15, -0.1) is 13.2 Å². The van der Waals surface area contributed by atoms with Crippen LogP contribution in [0.2, 0.25) is 0 Å². The van der Waals surface area contributed by atoms with Gasteiger partial charge in [-0.25, -0.2) is 4.79 Å². The van der Waals surface area contributed by atoms with Crippen LogP contribution in [0.25, 0.3) is 0 Å². The lowest BCUT2D eigenvalue weighted by atomic mass is 9.81. The average Bonchev–Trinajstić information content (AvgIpc) is 2.75. The fraction of sp³-hybridized carbons (Fsp3) is 0.235. The zero-order valence-corrected chi connectivity index (χ0v) is 12.2. The first-order valence-corrected chi connectivity index (χ1v) is 6.81. The highest BCUT2D eigenvalue weighted by atomic mass is 16.4. The smallest absolute Gasteiger partial charge is 0.330 e. The highest BCUT2D eigenvalue weighted by Gasteiger charge is 2.60. The highest BCUT2D eigenvalue weighted by Crippen LogP contribution is 2.42. The standard InChI is InChI=1S/C17H17NO4/c1-4-12-13(5-2)17(3,16(21)22)18(15(12)20)14(19)11-9-7-6-8-10-11/h4-10,12-13H,1-2H2,3H3,(H,21,22)/t12-,13+,17-/m0/s1. The fourth-order valence-corrected chi connectivity index (χ4v) is 2.91. The summed E-state index contributed by atoms with van der Waals surface area (Å²) in [5, 5.41) is 9.64. The lowest BCUT2D eigenvalue weighted by Gasteiger charge is -2.32. The van der Waals surface area contributed by atoms with Crippen LogP contribution in [-0.2, 0) is 9.59 Å². The van der Waals surface area contributed by atoms with Crippen molar-refractivity contribution < 1.29 is 19.5 Å². The van der Waals surface area contributed by atoms with Crippen LogP contribution in [0.1, 0.15) is 17.3 Å². The number of carboxylic acid groups (broad SMARTS) is 1. The van der Waals surface area contributed by atoms with Crippen LogP contribution in [0.4, 0.5) is 0 Å². The molecule has 1 aliphatic heterocycles. The molecule has 3 atom stereocenters. The van der Waals surface area contributed by atoms with Crippen LogP contribution in [-0.4, -0.2) is 33.3 Å². The average molecular weight is 299 g/mol. The maximum Gasteiger partial charge on any atom is 0.330 e. The Hall–Kier alpha value is -2.69. The summed E-state index contributed by atoms with van der Waals surface area (Å²) in [6, 6.07) is 8.13. The number of likely N-dealkylation sites (tertiary alicyclic amines) is 1. The quantitative estimate of drug-likeness (QED) is 0.682. The zero-order chi connectivity index (χ0) is 16.5. The van der Waals surface area contributed by atoms with E-state index in [-0.39, 0.29) is 5.56 Å². The van der Waals surface area contributed by atoms with E-state index in [9.17, 15) is 19.5 Å². The maximum atomic E-state index is 12.7. The molecule has 1 fully saturated rings. The molecule has 1 aliphatic rings. The highest BCUT2D eigenvalue weighted by molar-refractivity contribution is 6.11. The second kappa shape index (κ2) is 5.60. The summed E-state index contributed by atoms with van der Waals surface area (Å²) >= 11 is 0. The Morgan fingerprint density at radius 3 is 2.27 bits per heavy atom. The van der Waals surface area contributed by atoms with E-state index in [0.717, 1.165) is 4.90 Å². The number of nitrogens with zero attached hydrogens (tertiary/aromatic N) is 1. The van der Waals surface area contributed by atoms with Crippen molar-refractivity contribution in [3.63, 3.8) is 0 Å². The van der Waals surface area contributed by atoms with Crippen molar-refractivity contribution in [1.82, 2.24) is 4.90 Å². The van der Waals surface area contributed by atoms with Gasteiger partial charge < -0.3 is 5.11 Å². The second-order valence-electron chi connectivity index (χ2n) is 5.32. The number of carbonyl (C=O) groups excluding carboxylic acids is 2.